The summed E-state index contributed by atoms with van der Waals surface area (Å²) >= 11 is 12.1. The van der Waals surface area contributed by atoms with E-state index < -0.39 is 15.7 Å². The Bertz CT molecular complexity index is 1330. The van der Waals surface area contributed by atoms with Crippen LogP contribution in [0.2, 0.25) is 10.0 Å². The highest BCUT2D eigenvalue weighted by Gasteiger charge is 2.37. The third-order valence-corrected chi connectivity index (χ3v) is 7.71. The summed E-state index contributed by atoms with van der Waals surface area (Å²) in [7, 11) is 0. The number of ether oxygens (including phenoxy) is 1. The molecule has 0 spiro atoms. The van der Waals surface area contributed by atoms with E-state index in [0.717, 1.165) is 0 Å². The second-order valence-corrected chi connectivity index (χ2v) is 10.0. The van der Waals surface area contributed by atoms with Gasteiger partial charge < -0.3 is 14.5 Å². The van der Waals surface area contributed by atoms with E-state index in [2.05, 4.69) is 0 Å². The molecule has 0 aliphatic carbocycles. The summed E-state index contributed by atoms with van der Waals surface area (Å²) in [5.74, 6) is -0.405. The van der Waals surface area contributed by atoms with Crippen molar-refractivity contribution < 1.29 is 19.0 Å². The van der Waals surface area contributed by atoms with Crippen LogP contribution in [0, 0.1) is 26.0 Å². The van der Waals surface area contributed by atoms with Gasteiger partial charge in [0, 0.05) is 30.9 Å². The quantitative estimate of drug-likeness (QED) is 0.239. The molecule has 2 atom stereocenters. The highest BCUT2D eigenvalue weighted by molar-refractivity contribution is 6.33. The maximum atomic E-state index is 15.5. The highest BCUT2D eigenvalue weighted by Crippen LogP contribution is 2.49. The molecule has 2 saturated heterocycles. The molecule has 9 nitrogen and oxygen atoms in total. The van der Waals surface area contributed by atoms with Crippen molar-refractivity contribution in [3.05, 3.63) is 102 Å². The summed E-state index contributed by atoms with van der Waals surface area (Å²) in [5.41, 5.74) is 1.87. The lowest BCUT2D eigenvalue weighted by atomic mass is 10.0. The minimum atomic E-state index is -0.540. The Balaban J connectivity index is 1.59. The number of nitrogens with zero attached hydrogens (tertiary/aromatic N) is 4. The molecule has 5 rings (SSSR count). The topological polar surface area (TPSA) is 102 Å². The molecule has 0 saturated carbocycles. The van der Waals surface area contributed by atoms with Gasteiger partial charge in [-0.25, -0.2) is 4.39 Å². The molecule has 38 heavy (non-hydrogen) atoms. The van der Waals surface area contributed by atoms with Crippen LogP contribution in [0.1, 0.15) is 36.1 Å². The van der Waals surface area contributed by atoms with Crippen LogP contribution in [0.15, 0.2) is 54.6 Å². The molecule has 12 heteroatoms. The largest absolute Gasteiger partial charge is 0.378 e. The number of hydrogen-bond donors (Lipinski definition) is 0. The zero-order chi connectivity index (χ0) is 27.0. The van der Waals surface area contributed by atoms with Gasteiger partial charge in [0.15, 0.2) is 0 Å². The second-order valence-electron chi connectivity index (χ2n) is 9.19. The van der Waals surface area contributed by atoms with E-state index in [1.807, 2.05) is 15.9 Å². The van der Waals surface area contributed by atoms with Gasteiger partial charge in [0.05, 0.1) is 40.8 Å². The lowest BCUT2D eigenvalue weighted by molar-refractivity contribution is -0.384. The van der Waals surface area contributed by atoms with Gasteiger partial charge in [-0.1, -0.05) is 35.3 Å². The van der Waals surface area contributed by atoms with Crippen molar-refractivity contribution in [2.75, 3.05) is 36.1 Å². The third kappa shape index (κ3) is 4.99. The fourth-order valence-electron chi connectivity index (χ4n) is 5.30. The predicted molar refractivity (Wildman–Crippen MR) is 143 cm³/mol. The Morgan fingerprint density at radius 2 is 1.34 bits per heavy atom. The Morgan fingerprint density at radius 3 is 1.82 bits per heavy atom. The maximum absolute atomic E-state index is 15.5. The third-order valence-electron chi connectivity index (χ3n) is 7.07. The van der Waals surface area contributed by atoms with E-state index in [9.17, 15) is 20.2 Å². The average Bonchev–Trinajstić information content (AvgIpc) is 3.34. The smallest absolute Gasteiger partial charge is 0.288 e. The number of morpholine rings is 1. The minimum absolute atomic E-state index is 0.0223. The van der Waals surface area contributed by atoms with E-state index in [1.54, 1.807) is 18.2 Å². The van der Waals surface area contributed by atoms with Crippen molar-refractivity contribution in [3.8, 4) is 0 Å². The molecule has 2 aliphatic rings. The van der Waals surface area contributed by atoms with Crippen LogP contribution in [0.4, 0.5) is 27.1 Å². The highest BCUT2D eigenvalue weighted by atomic mass is 35.5. The Hall–Kier alpha value is -3.47. The monoisotopic (exact) mass is 560 g/mol. The van der Waals surface area contributed by atoms with Crippen molar-refractivity contribution >= 4 is 46.0 Å². The fourth-order valence-corrected chi connectivity index (χ4v) is 5.67. The van der Waals surface area contributed by atoms with Gasteiger partial charge in [0.25, 0.3) is 11.4 Å². The fraction of sp³-hybridized carbons (Fsp3) is 0.308. The van der Waals surface area contributed by atoms with Crippen molar-refractivity contribution in [2.24, 2.45) is 0 Å². The first kappa shape index (κ1) is 26.1. The molecule has 0 N–H and O–H groups in total. The summed E-state index contributed by atoms with van der Waals surface area (Å²) in [6.45, 7) is 2.19. The number of benzene rings is 3. The van der Waals surface area contributed by atoms with Crippen molar-refractivity contribution in [1.29, 1.82) is 0 Å². The maximum Gasteiger partial charge on any atom is 0.288 e. The van der Waals surface area contributed by atoms with Gasteiger partial charge in [0.1, 0.15) is 15.9 Å². The standard InChI is InChI=1S/C26H23Cl2FN4O5/c27-19-4-1-16(13-25(19)32(34)35)22-7-8-23(17-2-5-20(28)26(14-17)33(36)37)31(22)18-3-6-24(21(29)15-18)30-9-11-38-12-10-30/h1-6,13-15,22-23H,7-12H2/t22-,23-/m1/s1. The van der Waals surface area contributed by atoms with E-state index in [1.165, 1.54) is 30.3 Å². The summed E-state index contributed by atoms with van der Waals surface area (Å²) in [6, 6.07) is 13.5. The Labute approximate surface area is 227 Å². The van der Waals surface area contributed by atoms with Crippen LogP contribution < -0.4 is 9.80 Å². The predicted octanol–water partition coefficient (Wildman–Crippen LogP) is 6.87. The normalized spacial score (nSPS) is 19.6. The van der Waals surface area contributed by atoms with Crippen LogP contribution in [0.5, 0.6) is 0 Å². The first-order valence-electron chi connectivity index (χ1n) is 12.0. The molecule has 2 heterocycles. The molecule has 2 aliphatic heterocycles. The SMILES string of the molecule is O=[N+]([O-])c1cc([C@H]2CC[C@H](c3ccc(Cl)c([N+](=O)[O-])c3)N2c2ccc(N3CCOCC3)c(F)c2)ccc1Cl. The van der Waals surface area contributed by atoms with E-state index in [-0.39, 0.29) is 33.5 Å². The number of nitro groups is 2. The Morgan fingerprint density at radius 1 is 0.816 bits per heavy atom. The number of halogens is 3. The van der Waals surface area contributed by atoms with Crippen LogP contribution in [-0.4, -0.2) is 36.1 Å². The van der Waals surface area contributed by atoms with Gasteiger partial charge in [-0.15, -0.1) is 0 Å². The van der Waals surface area contributed by atoms with Gasteiger partial charge in [0.2, 0.25) is 0 Å². The van der Waals surface area contributed by atoms with Gasteiger partial charge in [-0.3, -0.25) is 20.2 Å². The van der Waals surface area contributed by atoms with E-state index in [0.29, 0.717) is 61.6 Å². The summed E-state index contributed by atoms with van der Waals surface area (Å²) in [4.78, 5) is 25.9. The van der Waals surface area contributed by atoms with Crippen LogP contribution in [0.3, 0.4) is 0 Å². The number of nitro benzene ring substituents is 2. The van der Waals surface area contributed by atoms with Crippen LogP contribution >= 0.6 is 23.2 Å². The van der Waals surface area contributed by atoms with E-state index >= 15 is 4.39 Å². The van der Waals surface area contributed by atoms with Crippen LogP contribution in [-0.2, 0) is 4.74 Å². The first-order valence-corrected chi connectivity index (χ1v) is 12.8. The van der Waals surface area contributed by atoms with Gasteiger partial charge >= 0.3 is 0 Å². The molecule has 198 valence electrons. The molecular weight excluding hydrogens is 538 g/mol. The molecule has 3 aromatic rings. The Kier molecular flexibility index (Phi) is 7.38. The number of rotatable bonds is 6. The van der Waals surface area contributed by atoms with Crippen molar-refractivity contribution in [2.45, 2.75) is 24.9 Å². The molecule has 2 fully saturated rings. The summed E-state index contributed by atoms with van der Waals surface area (Å²) in [6.07, 6.45) is 1.15. The van der Waals surface area contributed by atoms with E-state index in [4.69, 9.17) is 27.9 Å². The zero-order valence-electron chi connectivity index (χ0n) is 20.1. The molecule has 0 amide bonds. The van der Waals surface area contributed by atoms with Crippen LogP contribution in [0.25, 0.3) is 0 Å². The lowest BCUT2D eigenvalue weighted by Crippen LogP contribution is -2.36. The lowest BCUT2D eigenvalue weighted by Gasteiger charge is -2.34. The van der Waals surface area contributed by atoms with Gasteiger partial charge in [-0.05, 0) is 54.3 Å². The van der Waals surface area contributed by atoms with Crippen molar-refractivity contribution in [1.82, 2.24) is 0 Å². The minimum Gasteiger partial charge on any atom is -0.378 e. The molecule has 0 aromatic heterocycles. The average molecular weight is 561 g/mol. The summed E-state index contributed by atoms with van der Waals surface area (Å²) in [5, 5.41) is 23.2. The zero-order valence-corrected chi connectivity index (χ0v) is 21.6. The molecule has 0 bridgehead atoms. The number of hydrogen-bond acceptors (Lipinski definition) is 7. The molecular formula is C26H23Cl2FN4O5. The van der Waals surface area contributed by atoms with Crippen molar-refractivity contribution in [3.63, 3.8) is 0 Å². The summed E-state index contributed by atoms with van der Waals surface area (Å²) < 4.78 is 20.8. The number of anilines is 2. The molecule has 0 unspecified atom stereocenters. The molecule has 0 radical (unpaired) electrons. The first-order chi connectivity index (χ1) is 18.2. The van der Waals surface area contributed by atoms with Gasteiger partial charge in [-0.2, -0.15) is 0 Å². The molecule has 3 aromatic carbocycles. The second kappa shape index (κ2) is 10.7.